The Labute approximate surface area is 150 Å². The Morgan fingerprint density at radius 2 is 1.88 bits per heavy atom. The maximum absolute atomic E-state index is 13.4. The fourth-order valence-corrected chi connectivity index (χ4v) is 2.63. The fraction of sp³-hybridized carbons (Fsp3) is 0.263. The van der Waals surface area contributed by atoms with Gasteiger partial charge in [0.05, 0.1) is 23.6 Å². The monoisotopic (exact) mass is 363 g/mol. The second kappa shape index (κ2) is 8.12. The molecule has 0 aliphatic heterocycles. The van der Waals surface area contributed by atoms with Crippen LogP contribution in [0.5, 0.6) is 0 Å². The number of anilines is 1. The highest BCUT2D eigenvalue weighted by Crippen LogP contribution is 2.22. The van der Waals surface area contributed by atoms with Crippen molar-refractivity contribution in [1.82, 2.24) is 0 Å². The highest BCUT2D eigenvalue weighted by Gasteiger charge is 2.15. The Bertz CT molecular complexity index is 790. The molecule has 6 heteroatoms. The molecule has 4 nitrogen and oxygen atoms in total. The van der Waals surface area contributed by atoms with Gasteiger partial charge in [-0.15, -0.1) is 0 Å². The Hall–Kier alpha value is -2.40. The van der Waals surface area contributed by atoms with Crippen molar-refractivity contribution in [3.8, 4) is 0 Å². The molecule has 132 valence electrons. The zero-order chi connectivity index (χ0) is 18.6. The van der Waals surface area contributed by atoms with E-state index in [-0.39, 0.29) is 22.5 Å². The van der Waals surface area contributed by atoms with Crippen LogP contribution in [0.2, 0.25) is 5.02 Å². The quantitative estimate of drug-likeness (QED) is 0.801. The largest absolute Gasteiger partial charge is 0.469 e. The van der Waals surface area contributed by atoms with Gasteiger partial charge in [0.15, 0.2) is 0 Å². The normalized spacial score (nSPS) is 11.7. The van der Waals surface area contributed by atoms with E-state index in [9.17, 15) is 14.0 Å². The summed E-state index contributed by atoms with van der Waals surface area (Å²) >= 11 is 5.94. The molecule has 1 amide bonds. The van der Waals surface area contributed by atoms with Crippen LogP contribution in [0.1, 0.15) is 28.4 Å². The van der Waals surface area contributed by atoms with Gasteiger partial charge in [-0.2, -0.15) is 0 Å². The molecule has 0 spiro atoms. The summed E-state index contributed by atoms with van der Waals surface area (Å²) in [7, 11) is 1.36. The Balaban J connectivity index is 2.07. The molecule has 0 radical (unpaired) electrons. The van der Waals surface area contributed by atoms with E-state index < -0.39 is 11.7 Å². The lowest BCUT2D eigenvalue weighted by Crippen LogP contribution is -2.15. The predicted octanol–water partition coefficient (Wildman–Crippen LogP) is 4.39. The number of hydrogen-bond acceptors (Lipinski definition) is 3. The number of aryl methyl sites for hydroxylation is 1. The van der Waals surface area contributed by atoms with Gasteiger partial charge in [-0.3, -0.25) is 9.59 Å². The SMILES string of the molecule is COC(=O)[C@@H](C)Cc1ccc(NC(=O)c2cc(C)c(F)cc2Cl)cc1. The minimum absolute atomic E-state index is 0.0594. The molecule has 25 heavy (non-hydrogen) atoms. The van der Waals surface area contributed by atoms with Crippen molar-refractivity contribution in [3.05, 3.63) is 63.9 Å². The van der Waals surface area contributed by atoms with Crippen LogP contribution < -0.4 is 5.32 Å². The number of ether oxygens (including phenoxy) is 1. The van der Waals surface area contributed by atoms with Gasteiger partial charge >= 0.3 is 5.97 Å². The van der Waals surface area contributed by atoms with Crippen molar-refractivity contribution >= 4 is 29.2 Å². The van der Waals surface area contributed by atoms with E-state index in [0.29, 0.717) is 17.7 Å². The second-order valence-electron chi connectivity index (χ2n) is 5.86. The molecule has 2 rings (SSSR count). The number of methoxy groups -OCH3 is 1. The third-order valence-corrected chi connectivity index (χ3v) is 4.16. The Kier molecular flexibility index (Phi) is 6.15. The minimum atomic E-state index is -0.453. The molecular weight excluding hydrogens is 345 g/mol. The summed E-state index contributed by atoms with van der Waals surface area (Å²) in [6.45, 7) is 3.36. The van der Waals surface area contributed by atoms with Crippen molar-refractivity contribution < 1.29 is 18.7 Å². The molecule has 1 N–H and O–H groups in total. The second-order valence-corrected chi connectivity index (χ2v) is 6.27. The maximum Gasteiger partial charge on any atom is 0.308 e. The summed E-state index contributed by atoms with van der Waals surface area (Å²) in [5.74, 6) is -1.38. The molecule has 1 atom stereocenters. The average molecular weight is 364 g/mol. The van der Waals surface area contributed by atoms with Crippen molar-refractivity contribution in [2.24, 2.45) is 5.92 Å². The number of benzene rings is 2. The van der Waals surface area contributed by atoms with E-state index in [2.05, 4.69) is 5.32 Å². The summed E-state index contributed by atoms with van der Waals surface area (Å²) in [5.41, 5.74) is 2.09. The van der Waals surface area contributed by atoms with Crippen LogP contribution in [0.15, 0.2) is 36.4 Å². The highest BCUT2D eigenvalue weighted by atomic mass is 35.5. The molecule has 0 fully saturated rings. The summed E-state index contributed by atoms with van der Waals surface area (Å²) in [4.78, 5) is 23.8. The maximum atomic E-state index is 13.4. The number of rotatable bonds is 5. The van der Waals surface area contributed by atoms with E-state index in [1.54, 1.807) is 26.0 Å². The first-order valence-corrected chi connectivity index (χ1v) is 8.13. The summed E-state index contributed by atoms with van der Waals surface area (Å²) in [6.07, 6.45) is 0.546. The molecule has 2 aromatic carbocycles. The summed E-state index contributed by atoms with van der Waals surface area (Å²) in [6, 6.07) is 9.67. The number of carbonyl (C=O) groups excluding carboxylic acids is 2. The number of hydrogen-bond donors (Lipinski definition) is 1. The third-order valence-electron chi connectivity index (χ3n) is 3.85. The van der Waals surface area contributed by atoms with Crippen LogP contribution in [-0.4, -0.2) is 19.0 Å². The molecule has 2 aromatic rings. The molecule has 0 bridgehead atoms. The first kappa shape index (κ1) is 18.9. The number of amides is 1. The lowest BCUT2D eigenvalue weighted by Gasteiger charge is -2.11. The molecule has 0 aliphatic carbocycles. The third kappa shape index (κ3) is 4.79. The van der Waals surface area contributed by atoms with Crippen LogP contribution in [0.3, 0.4) is 0 Å². The molecule has 0 aliphatic rings. The van der Waals surface area contributed by atoms with Gasteiger partial charge < -0.3 is 10.1 Å². The molecule has 0 aromatic heterocycles. The Morgan fingerprint density at radius 1 is 1.24 bits per heavy atom. The van der Waals surface area contributed by atoms with Gasteiger partial charge in [-0.05, 0) is 48.7 Å². The van der Waals surface area contributed by atoms with Crippen molar-refractivity contribution in [2.75, 3.05) is 12.4 Å². The van der Waals surface area contributed by atoms with Gasteiger partial charge in [0.1, 0.15) is 5.82 Å². The zero-order valence-electron chi connectivity index (χ0n) is 14.2. The van der Waals surface area contributed by atoms with Crippen molar-refractivity contribution in [3.63, 3.8) is 0 Å². The minimum Gasteiger partial charge on any atom is -0.469 e. The number of nitrogens with one attached hydrogen (secondary N) is 1. The van der Waals surface area contributed by atoms with E-state index in [0.717, 1.165) is 11.6 Å². The fourth-order valence-electron chi connectivity index (χ4n) is 2.39. The van der Waals surface area contributed by atoms with Gasteiger partial charge in [-0.25, -0.2) is 4.39 Å². The number of carbonyl (C=O) groups is 2. The lowest BCUT2D eigenvalue weighted by molar-refractivity contribution is -0.144. The zero-order valence-corrected chi connectivity index (χ0v) is 15.0. The summed E-state index contributed by atoms with van der Waals surface area (Å²) in [5, 5.41) is 2.78. The number of halogens is 2. The van der Waals surface area contributed by atoms with E-state index >= 15 is 0 Å². The van der Waals surface area contributed by atoms with Gasteiger partial charge in [0, 0.05) is 5.69 Å². The van der Waals surface area contributed by atoms with E-state index in [1.807, 2.05) is 12.1 Å². The van der Waals surface area contributed by atoms with Crippen LogP contribution in [-0.2, 0) is 16.0 Å². The predicted molar refractivity (Wildman–Crippen MR) is 95.4 cm³/mol. The van der Waals surface area contributed by atoms with Crippen LogP contribution in [0.25, 0.3) is 0 Å². The molecule has 0 saturated heterocycles. The van der Waals surface area contributed by atoms with Crippen LogP contribution >= 0.6 is 11.6 Å². The first-order chi connectivity index (χ1) is 11.8. The van der Waals surface area contributed by atoms with Gasteiger partial charge in [0.25, 0.3) is 5.91 Å². The highest BCUT2D eigenvalue weighted by molar-refractivity contribution is 6.34. The van der Waals surface area contributed by atoms with Gasteiger partial charge in [0.2, 0.25) is 0 Å². The molecule has 0 unspecified atom stereocenters. The average Bonchev–Trinajstić information content (AvgIpc) is 2.58. The lowest BCUT2D eigenvalue weighted by atomic mass is 10.0. The molecule has 0 saturated carbocycles. The topological polar surface area (TPSA) is 55.4 Å². The van der Waals surface area contributed by atoms with Crippen LogP contribution in [0.4, 0.5) is 10.1 Å². The molecular formula is C19H19ClFNO3. The smallest absolute Gasteiger partial charge is 0.308 e. The number of esters is 1. The van der Waals surface area contributed by atoms with Crippen LogP contribution in [0, 0.1) is 18.7 Å². The van der Waals surface area contributed by atoms with E-state index in [4.69, 9.17) is 16.3 Å². The molecule has 0 heterocycles. The van der Waals surface area contributed by atoms with Gasteiger partial charge in [-0.1, -0.05) is 30.7 Å². The van der Waals surface area contributed by atoms with Crippen molar-refractivity contribution in [2.45, 2.75) is 20.3 Å². The summed E-state index contributed by atoms with van der Waals surface area (Å²) < 4.78 is 18.1. The van der Waals surface area contributed by atoms with E-state index in [1.165, 1.54) is 13.2 Å². The standard InChI is InChI=1S/C19H19ClFNO3/c1-11-9-15(16(20)10-17(11)21)18(23)22-14-6-4-13(5-7-14)8-12(2)19(24)25-3/h4-7,9-10,12H,8H2,1-3H3,(H,22,23)/t12-/m0/s1. The first-order valence-electron chi connectivity index (χ1n) is 7.75. The Morgan fingerprint density at radius 3 is 2.48 bits per heavy atom. The van der Waals surface area contributed by atoms with Crippen molar-refractivity contribution in [1.29, 1.82) is 0 Å².